The Morgan fingerprint density at radius 1 is 1.09 bits per heavy atom. The molecule has 0 fully saturated rings. The maximum Gasteiger partial charge on any atom is 0.240 e. The Morgan fingerprint density at radius 2 is 1.77 bits per heavy atom. The lowest BCUT2D eigenvalue weighted by molar-refractivity contribution is 0.584. The van der Waals surface area contributed by atoms with E-state index in [2.05, 4.69) is 4.72 Å². The molecule has 0 unspecified atom stereocenters. The van der Waals surface area contributed by atoms with Crippen LogP contribution in [-0.4, -0.2) is 20.7 Å². The smallest absolute Gasteiger partial charge is 0.210 e. The molecule has 0 radical (unpaired) electrons. The molecule has 2 rings (SSSR count). The van der Waals surface area contributed by atoms with Crippen LogP contribution in [-0.2, 0) is 15.8 Å². The normalized spacial score (nSPS) is 11.5. The number of thioether (sulfide) groups is 1. The van der Waals surface area contributed by atoms with Gasteiger partial charge >= 0.3 is 0 Å². The highest BCUT2D eigenvalue weighted by Crippen LogP contribution is 2.20. The van der Waals surface area contributed by atoms with Gasteiger partial charge in [-0.3, -0.25) is 0 Å². The van der Waals surface area contributed by atoms with Crippen LogP contribution in [0.3, 0.4) is 0 Å². The van der Waals surface area contributed by atoms with Crippen molar-refractivity contribution in [3.63, 3.8) is 0 Å². The number of hydrogen-bond donors (Lipinski definition) is 1. The number of hydrogen-bond acceptors (Lipinski definition) is 3. The van der Waals surface area contributed by atoms with Gasteiger partial charge in [-0.2, -0.15) is 11.8 Å². The van der Waals surface area contributed by atoms with E-state index < -0.39 is 10.0 Å². The van der Waals surface area contributed by atoms with Crippen molar-refractivity contribution >= 4 is 33.4 Å². The van der Waals surface area contributed by atoms with Crippen LogP contribution in [0.1, 0.15) is 11.1 Å². The van der Waals surface area contributed by atoms with Crippen LogP contribution in [0.15, 0.2) is 53.4 Å². The lowest BCUT2D eigenvalue weighted by Gasteiger charge is -2.07. The quantitative estimate of drug-likeness (QED) is 0.767. The van der Waals surface area contributed by atoms with Gasteiger partial charge in [-0.15, -0.1) is 0 Å². The molecule has 2 aromatic carbocycles. The average molecular weight is 356 g/mol. The molecule has 1 N–H and O–H groups in total. The second-order valence-corrected chi connectivity index (χ2v) is 8.13. The Hall–Kier alpha value is -1.01. The van der Waals surface area contributed by atoms with Gasteiger partial charge in [0.25, 0.3) is 0 Å². The zero-order chi connectivity index (χ0) is 16.0. The van der Waals surface area contributed by atoms with E-state index in [9.17, 15) is 8.42 Å². The Morgan fingerprint density at radius 3 is 2.45 bits per heavy atom. The van der Waals surface area contributed by atoms with E-state index in [0.29, 0.717) is 17.2 Å². The maximum absolute atomic E-state index is 12.1. The van der Waals surface area contributed by atoms with Crippen LogP contribution in [0.25, 0.3) is 0 Å². The number of rotatable bonds is 7. The summed E-state index contributed by atoms with van der Waals surface area (Å²) in [6.45, 7) is 2.32. The van der Waals surface area contributed by atoms with E-state index in [-0.39, 0.29) is 0 Å². The van der Waals surface area contributed by atoms with E-state index in [4.69, 9.17) is 11.6 Å². The molecule has 0 spiro atoms. The first-order chi connectivity index (χ1) is 10.5. The second-order valence-electron chi connectivity index (χ2n) is 4.85. The maximum atomic E-state index is 12.1. The summed E-state index contributed by atoms with van der Waals surface area (Å²) in [7, 11) is -3.42. The van der Waals surface area contributed by atoms with Gasteiger partial charge in [-0.25, -0.2) is 13.1 Å². The Labute approximate surface area is 141 Å². The lowest BCUT2D eigenvalue weighted by Crippen LogP contribution is -2.26. The Kier molecular flexibility index (Phi) is 6.32. The molecule has 0 heterocycles. The van der Waals surface area contributed by atoms with E-state index in [1.165, 1.54) is 0 Å². The van der Waals surface area contributed by atoms with Gasteiger partial charge in [0.1, 0.15) is 0 Å². The highest BCUT2D eigenvalue weighted by atomic mass is 35.5. The summed E-state index contributed by atoms with van der Waals surface area (Å²) in [5, 5.41) is 0.746. The van der Waals surface area contributed by atoms with E-state index in [1.54, 1.807) is 36.0 Å². The molecule has 2 aromatic rings. The largest absolute Gasteiger partial charge is 0.240 e. The topological polar surface area (TPSA) is 46.2 Å². The first-order valence-electron chi connectivity index (χ1n) is 6.86. The molecule has 0 aromatic heterocycles. The molecule has 22 heavy (non-hydrogen) atoms. The number of halogens is 1. The fourth-order valence-electron chi connectivity index (χ4n) is 1.85. The molecule has 3 nitrogen and oxygen atoms in total. The highest BCUT2D eigenvalue weighted by molar-refractivity contribution is 7.98. The van der Waals surface area contributed by atoms with Crippen molar-refractivity contribution in [2.24, 2.45) is 0 Å². The molecule has 6 heteroatoms. The van der Waals surface area contributed by atoms with Crippen LogP contribution in [0.4, 0.5) is 0 Å². The Bertz CT molecular complexity index is 715. The molecule has 0 aliphatic heterocycles. The van der Waals surface area contributed by atoms with Gasteiger partial charge in [0, 0.05) is 23.1 Å². The van der Waals surface area contributed by atoms with Crippen molar-refractivity contribution in [1.82, 2.24) is 4.72 Å². The van der Waals surface area contributed by atoms with Crippen LogP contribution in [0.2, 0.25) is 5.02 Å². The first-order valence-corrected chi connectivity index (χ1v) is 9.88. The highest BCUT2D eigenvalue weighted by Gasteiger charge is 2.12. The molecular weight excluding hydrogens is 338 g/mol. The van der Waals surface area contributed by atoms with Crippen molar-refractivity contribution in [1.29, 1.82) is 0 Å². The third-order valence-corrected chi connectivity index (χ3v) is 5.94. The van der Waals surface area contributed by atoms with Gasteiger partial charge in [-0.05, 0) is 30.7 Å². The number of benzene rings is 2. The van der Waals surface area contributed by atoms with Gasteiger partial charge in [0.05, 0.1) is 4.90 Å². The molecule has 0 saturated carbocycles. The van der Waals surface area contributed by atoms with Crippen molar-refractivity contribution < 1.29 is 8.42 Å². The number of sulfonamides is 1. The van der Waals surface area contributed by atoms with Crippen LogP contribution in [0, 0.1) is 6.92 Å². The summed E-state index contributed by atoms with van der Waals surface area (Å²) in [6.07, 6.45) is 0. The standard InChI is InChI=1S/C16H18ClNO2S2/c1-13-6-8-15(9-7-13)22(19,20)18-10-11-21-12-14-4-2-3-5-16(14)17/h2-9,18H,10-12H2,1H3. The summed E-state index contributed by atoms with van der Waals surface area (Å²) in [6, 6.07) is 14.5. The minimum atomic E-state index is -3.42. The molecule has 0 atom stereocenters. The van der Waals surface area contributed by atoms with Gasteiger partial charge < -0.3 is 0 Å². The van der Waals surface area contributed by atoms with Crippen LogP contribution in [0.5, 0.6) is 0 Å². The van der Waals surface area contributed by atoms with Crippen molar-refractivity contribution in [3.05, 3.63) is 64.7 Å². The van der Waals surface area contributed by atoms with Gasteiger partial charge in [0.15, 0.2) is 0 Å². The minimum Gasteiger partial charge on any atom is -0.210 e. The van der Waals surface area contributed by atoms with Crippen molar-refractivity contribution in [2.45, 2.75) is 17.6 Å². The molecule has 0 saturated heterocycles. The monoisotopic (exact) mass is 355 g/mol. The molecule has 0 aliphatic carbocycles. The predicted octanol–water partition coefficient (Wildman–Crippen LogP) is 3.86. The molecule has 118 valence electrons. The molecular formula is C16H18ClNO2S2. The fourth-order valence-corrected chi connectivity index (χ4v) is 4.15. The summed E-state index contributed by atoms with van der Waals surface area (Å²) < 4.78 is 26.8. The summed E-state index contributed by atoms with van der Waals surface area (Å²) in [4.78, 5) is 0.300. The number of nitrogens with one attached hydrogen (secondary N) is 1. The third kappa shape index (κ3) is 5.02. The van der Waals surface area contributed by atoms with Gasteiger partial charge in [0.2, 0.25) is 10.0 Å². The molecule has 0 amide bonds. The van der Waals surface area contributed by atoms with Crippen molar-refractivity contribution in [2.75, 3.05) is 12.3 Å². The summed E-state index contributed by atoms with van der Waals surface area (Å²) in [5.74, 6) is 1.46. The molecule has 0 aliphatic rings. The molecule has 0 bridgehead atoms. The number of aryl methyl sites for hydroxylation is 1. The minimum absolute atomic E-state index is 0.300. The van der Waals surface area contributed by atoms with Gasteiger partial charge in [-0.1, -0.05) is 47.5 Å². The van der Waals surface area contributed by atoms with Crippen LogP contribution < -0.4 is 4.72 Å². The summed E-state index contributed by atoms with van der Waals surface area (Å²) in [5.41, 5.74) is 2.10. The van der Waals surface area contributed by atoms with E-state index >= 15 is 0 Å². The van der Waals surface area contributed by atoms with E-state index in [0.717, 1.165) is 21.9 Å². The fraction of sp³-hybridized carbons (Fsp3) is 0.250. The third-order valence-electron chi connectivity index (χ3n) is 3.09. The predicted molar refractivity (Wildman–Crippen MR) is 94.0 cm³/mol. The Balaban J connectivity index is 1.79. The van der Waals surface area contributed by atoms with Crippen molar-refractivity contribution in [3.8, 4) is 0 Å². The second kappa shape index (κ2) is 8.02. The zero-order valence-corrected chi connectivity index (χ0v) is 14.6. The van der Waals surface area contributed by atoms with Crippen LogP contribution >= 0.6 is 23.4 Å². The lowest BCUT2D eigenvalue weighted by atomic mass is 10.2. The first kappa shape index (κ1) is 17.3. The van der Waals surface area contributed by atoms with E-state index in [1.807, 2.05) is 31.2 Å². The zero-order valence-electron chi connectivity index (χ0n) is 12.3. The average Bonchev–Trinajstić information content (AvgIpc) is 2.49. The summed E-state index contributed by atoms with van der Waals surface area (Å²) >= 11 is 7.73. The SMILES string of the molecule is Cc1ccc(S(=O)(=O)NCCSCc2ccccc2Cl)cc1.